The monoisotopic (exact) mass is 342 g/mol. The van der Waals surface area contributed by atoms with Crippen LogP contribution in [-0.2, 0) is 19.3 Å². The zero-order valence-corrected chi connectivity index (χ0v) is 14.2. The van der Waals surface area contributed by atoms with Gasteiger partial charge in [0.25, 0.3) is 0 Å². The van der Waals surface area contributed by atoms with Gasteiger partial charge in [0.2, 0.25) is 0 Å². The SMILES string of the molecule is CCCOc1ccc(S(=O)(=O)C[C@H]2CCOC2)cc1C(=O)OC. The highest BCUT2D eigenvalue weighted by Crippen LogP contribution is 2.26. The summed E-state index contributed by atoms with van der Waals surface area (Å²) in [5.41, 5.74) is 0.129. The maximum Gasteiger partial charge on any atom is 0.341 e. The summed E-state index contributed by atoms with van der Waals surface area (Å²) in [6.07, 6.45) is 1.52. The molecule has 0 aliphatic carbocycles. The maximum absolute atomic E-state index is 12.5. The fourth-order valence-electron chi connectivity index (χ4n) is 2.43. The average molecular weight is 342 g/mol. The number of esters is 1. The van der Waals surface area contributed by atoms with Crippen LogP contribution >= 0.6 is 0 Å². The van der Waals surface area contributed by atoms with Crippen LogP contribution in [0.1, 0.15) is 30.1 Å². The molecule has 1 aliphatic rings. The maximum atomic E-state index is 12.5. The van der Waals surface area contributed by atoms with Gasteiger partial charge in [-0.1, -0.05) is 6.92 Å². The van der Waals surface area contributed by atoms with Crippen molar-refractivity contribution in [3.63, 3.8) is 0 Å². The van der Waals surface area contributed by atoms with Crippen molar-refractivity contribution in [3.05, 3.63) is 23.8 Å². The predicted octanol–water partition coefficient (Wildman–Crippen LogP) is 2.07. The van der Waals surface area contributed by atoms with Crippen LogP contribution in [0, 0.1) is 5.92 Å². The lowest BCUT2D eigenvalue weighted by molar-refractivity contribution is 0.0595. The van der Waals surface area contributed by atoms with Crippen molar-refractivity contribution in [1.82, 2.24) is 0 Å². The number of methoxy groups -OCH3 is 1. The Morgan fingerprint density at radius 1 is 1.39 bits per heavy atom. The van der Waals surface area contributed by atoms with Crippen molar-refractivity contribution in [3.8, 4) is 5.75 Å². The van der Waals surface area contributed by atoms with Gasteiger partial charge in [0, 0.05) is 6.61 Å². The first kappa shape index (κ1) is 17.7. The lowest BCUT2D eigenvalue weighted by Crippen LogP contribution is -2.17. The molecular formula is C16H22O6S. The van der Waals surface area contributed by atoms with Gasteiger partial charge in [-0.3, -0.25) is 0 Å². The minimum absolute atomic E-state index is 0.00223. The number of benzene rings is 1. The van der Waals surface area contributed by atoms with Crippen LogP contribution in [0.3, 0.4) is 0 Å². The molecule has 1 aromatic carbocycles. The van der Waals surface area contributed by atoms with Crippen molar-refractivity contribution in [2.24, 2.45) is 5.92 Å². The first-order valence-corrected chi connectivity index (χ1v) is 9.28. The van der Waals surface area contributed by atoms with E-state index in [0.29, 0.717) is 25.6 Å². The first-order valence-electron chi connectivity index (χ1n) is 7.63. The zero-order chi connectivity index (χ0) is 16.9. The van der Waals surface area contributed by atoms with E-state index >= 15 is 0 Å². The third-order valence-electron chi connectivity index (χ3n) is 3.66. The molecule has 0 amide bonds. The number of rotatable bonds is 7. The molecule has 1 heterocycles. The molecule has 6 nitrogen and oxygen atoms in total. The minimum Gasteiger partial charge on any atom is -0.493 e. The van der Waals surface area contributed by atoms with Crippen LogP contribution in [-0.4, -0.2) is 47.1 Å². The van der Waals surface area contributed by atoms with Crippen LogP contribution in [0.25, 0.3) is 0 Å². The standard InChI is InChI=1S/C16H22O6S/c1-3-7-22-15-5-4-13(9-14(15)16(17)20-2)23(18,19)11-12-6-8-21-10-12/h4-5,9,12H,3,6-8,10-11H2,1-2H3/t12-/m0/s1. The molecule has 1 aliphatic heterocycles. The van der Waals surface area contributed by atoms with Crippen LogP contribution in [0.2, 0.25) is 0 Å². The van der Waals surface area contributed by atoms with E-state index in [9.17, 15) is 13.2 Å². The molecule has 0 N–H and O–H groups in total. The van der Waals surface area contributed by atoms with Crippen molar-refractivity contribution in [2.75, 3.05) is 32.7 Å². The van der Waals surface area contributed by atoms with Gasteiger partial charge in [-0.05, 0) is 37.0 Å². The number of carbonyl (C=O) groups excluding carboxylic acids is 1. The van der Waals surface area contributed by atoms with Crippen LogP contribution in [0.4, 0.5) is 0 Å². The highest BCUT2D eigenvalue weighted by molar-refractivity contribution is 7.91. The second-order valence-corrected chi connectivity index (χ2v) is 7.54. The summed E-state index contributed by atoms with van der Waals surface area (Å²) in [5, 5.41) is 0. The topological polar surface area (TPSA) is 78.9 Å². The quantitative estimate of drug-likeness (QED) is 0.706. The molecule has 0 bridgehead atoms. The molecule has 0 spiro atoms. The minimum atomic E-state index is -3.49. The highest BCUT2D eigenvalue weighted by Gasteiger charge is 2.26. The normalized spacial score (nSPS) is 17.9. The van der Waals surface area contributed by atoms with Gasteiger partial charge in [-0.15, -0.1) is 0 Å². The molecule has 0 radical (unpaired) electrons. The summed E-state index contributed by atoms with van der Waals surface area (Å²) >= 11 is 0. The second kappa shape index (κ2) is 7.79. The summed E-state index contributed by atoms with van der Waals surface area (Å²) < 4.78 is 40.5. The van der Waals surface area contributed by atoms with E-state index in [2.05, 4.69) is 0 Å². The number of sulfone groups is 1. The Morgan fingerprint density at radius 3 is 2.78 bits per heavy atom. The Morgan fingerprint density at radius 2 is 2.17 bits per heavy atom. The van der Waals surface area contributed by atoms with Crippen LogP contribution in [0.5, 0.6) is 5.75 Å². The molecule has 1 fully saturated rings. The molecule has 0 saturated carbocycles. The Balaban J connectivity index is 2.29. The molecule has 1 aromatic rings. The molecule has 0 aromatic heterocycles. The van der Waals surface area contributed by atoms with E-state index in [1.807, 2.05) is 6.92 Å². The van der Waals surface area contributed by atoms with Gasteiger partial charge in [0.15, 0.2) is 9.84 Å². The molecule has 1 saturated heterocycles. The summed E-state index contributed by atoms with van der Waals surface area (Å²) in [7, 11) is -2.24. The van der Waals surface area contributed by atoms with E-state index < -0.39 is 15.8 Å². The number of hydrogen-bond acceptors (Lipinski definition) is 6. The van der Waals surface area contributed by atoms with Gasteiger partial charge >= 0.3 is 5.97 Å². The number of hydrogen-bond donors (Lipinski definition) is 0. The lowest BCUT2D eigenvalue weighted by Gasteiger charge is -2.13. The smallest absolute Gasteiger partial charge is 0.341 e. The molecule has 128 valence electrons. The molecule has 7 heteroatoms. The van der Waals surface area contributed by atoms with Crippen LogP contribution < -0.4 is 4.74 Å². The third-order valence-corrected chi connectivity index (χ3v) is 5.54. The van der Waals surface area contributed by atoms with E-state index in [0.717, 1.165) is 12.8 Å². The summed E-state index contributed by atoms with van der Waals surface area (Å²) in [5.74, 6) is -0.264. The van der Waals surface area contributed by atoms with Gasteiger partial charge < -0.3 is 14.2 Å². The van der Waals surface area contributed by atoms with Gasteiger partial charge in [0.05, 0.1) is 31.0 Å². The number of ether oxygens (including phenoxy) is 3. The largest absolute Gasteiger partial charge is 0.493 e. The Kier molecular flexibility index (Phi) is 6.01. The molecule has 1 atom stereocenters. The van der Waals surface area contributed by atoms with Crippen molar-refractivity contribution in [2.45, 2.75) is 24.7 Å². The fraction of sp³-hybridized carbons (Fsp3) is 0.562. The summed E-state index contributed by atoms with van der Waals surface area (Å²) in [6, 6.07) is 4.32. The Labute approximate surface area is 136 Å². The Bertz CT molecular complexity index is 647. The summed E-state index contributed by atoms with van der Waals surface area (Å²) in [4.78, 5) is 12.0. The van der Waals surface area contributed by atoms with Crippen molar-refractivity contribution in [1.29, 1.82) is 0 Å². The zero-order valence-electron chi connectivity index (χ0n) is 13.4. The third kappa shape index (κ3) is 4.45. The predicted molar refractivity (Wildman–Crippen MR) is 84.5 cm³/mol. The van der Waals surface area contributed by atoms with Crippen molar-refractivity contribution < 1.29 is 27.4 Å². The summed E-state index contributed by atoms with van der Waals surface area (Å²) in [6.45, 7) is 3.44. The molecule has 2 rings (SSSR count). The lowest BCUT2D eigenvalue weighted by atomic mass is 10.2. The van der Waals surface area contributed by atoms with E-state index in [-0.39, 0.29) is 22.1 Å². The average Bonchev–Trinajstić information content (AvgIpc) is 3.04. The molecule has 0 unspecified atom stereocenters. The fourth-order valence-corrected chi connectivity index (χ4v) is 4.08. The Hall–Kier alpha value is -1.60. The molecular weight excluding hydrogens is 320 g/mol. The number of carbonyl (C=O) groups is 1. The van der Waals surface area contributed by atoms with Crippen molar-refractivity contribution >= 4 is 15.8 Å². The molecule has 23 heavy (non-hydrogen) atoms. The highest BCUT2D eigenvalue weighted by atomic mass is 32.2. The first-order chi connectivity index (χ1) is 11.0. The van der Waals surface area contributed by atoms with E-state index in [1.54, 1.807) is 0 Å². The van der Waals surface area contributed by atoms with E-state index in [1.165, 1.54) is 25.3 Å². The van der Waals surface area contributed by atoms with Gasteiger partial charge in [0.1, 0.15) is 11.3 Å². The van der Waals surface area contributed by atoms with Gasteiger partial charge in [-0.2, -0.15) is 0 Å². The van der Waals surface area contributed by atoms with Gasteiger partial charge in [-0.25, -0.2) is 13.2 Å². The van der Waals surface area contributed by atoms with E-state index in [4.69, 9.17) is 14.2 Å². The second-order valence-electron chi connectivity index (χ2n) is 5.51. The van der Waals surface area contributed by atoms with Crippen LogP contribution in [0.15, 0.2) is 23.1 Å².